The molecule has 0 aromatic heterocycles. The van der Waals surface area contributed by atoms with Gasteiger partial charge in [-0.1, -0.05) is 12.3 Å². The molecule has 3 unspecified atom stereocenters. The molecular weight excluding hydrogens is 186 g/mol. The molecule has 2 heteroatoms. The molecule has 3 atom stereocenters. The van der Waals surface area contributed by atoms with Crippen LogP contribution in [0.25, 0.3) is 0 Å². The maximum absolute atomic E-state index is 11.6. The van der Waals surface area contributed by atoms with Gasteiger partial charge >= 0.3 is 0 Å². The number of hydrogen-bond donors (Lipinski definition) is 1. The van der Waals surface area contributed by atoms with Crippen molar-refractivity contribution in [2.45, 2.75) is 32.1 Å². The van der Waals surface area contributed by atoms with Crippen LogP contribution in [0.3, 0.4) is 0 Å². The molecule has 82 valence electrons. The van der Waals surface area contributed by atoms with Gasteiger partial charge in [0.15, 0.2) is 0 Å². The molecule has 2 aliphatic carbocycles. The fourth-order valence-corrected chi connectivity index (χ4v) is 3.27. The van der Waals surface area contributed by atoms with E-state index in [0.717, 1.165) is 18.3 Å². The molecule has 2 bridgehead atoms. The minimum absolute atomic E-state index is 0.336. The molecule has 0 aromatic carbocycles. The highest BCUT2D eigenvalue weighted by atomic mass is 16.1. The Morgan fingerprint density at radius 3 is 2.87 bits per heavy atom. The zero-order chi connectivity index (χ0) is 10.7. The van der Waals surface area contributed by atoms with E-state index < -0.39 is 0 Å². The first-order valence-corrected chi connectivity index (χ1v) is 5.95. The minimum Gasteiger partial charge on any atom is -0.299 e. The van der Waals surface area contributed by atoms with Crippen LogP contribution in [-0.2, 0) is 4.79 Å². The monoisotopic (exact) mass is 205 g/mol. The van der Waals surface area contributed by atoms with Crippen LogP contribution in [0.1, 0.15) is 32.1 Å². The summed E-state index contributed by atoms with van der Waals surface area (Å²) in [6.45, 7) is 0.959. The molecule has 15 heavy (non-hydrogen) atoms. The average Bonchev–Trinajstić information content (AvgIpc) is 2.79. The van der Waals surface area contributed by atoms with Gasteiger partial charge in [0, 0.05) is 6.42 Å². The van der Waals surface area contributed by atoms with Crippen molar-refractivity contribution in [3.8, 4) is 12.3 Å². The fraction of sp³-hybridized carbons (Fsp3) is 0.769. The molecule has 2 rings (SSSR count). The van der Waals surface area contributed by atoms with Gasteiger partial charge in [0.2, 0.25) is 0 Å². The van der Waals surface area contributed by atoms with Crippen LogP contribution in [0.15, 0.2) is 0 Å². The zero-order valence-corrected chi connectivity index (χ0v) is 9.17. The molecule has 0 amide bonds. The second-order valence-electron chi connectivity index (χ2n) is 4.99. The number of hydrogen-bond acceptors (Lipinski definition) is 2. The molecule has 0 heterocycles. The summed E-state index contributed by atoms with van der Waals surface area (Å²) in [6, 6.07) is 0. The average molecular weight is 205 g/mol. The van der Waals surface area contributed by atoms with Crippen molar-refractivity contribution in [1.29, 1.82) is 0 Å². The first kappa shape index (κ1) is 10.7. The lowest BCUT2D eigenvalue weighted by atomic mass is 9.85. The largest absolute Gasteiger partial charge is 0.299 e. The van der Waals surface area contributed by atoms with Crippen LogP contribution in [0.2, 0.25) is 0 Å². The Kier molecular flexibility index (Phi) is 3.43. The van der Waals surface area contributed by atoms with E-state index >= 15 is 0 Å². The maximum atomic E-state index is 11.6. The smallest absolute Gasteiger partial charge is 0.146 e. The first-order chi connectivity index (χ1) is 7.29. The van der Waals surface area contributed by atoms with Gasteiger partial charge in [-0.05, 0) is 37.0 Å². The molecule has 2 aliphatic rings. The second-order valence-corrected chi connectivity index (χ2v) is 4.99. The van der Waals surface area contributed by atoms with Crippen LogP contribution in [0, 0.1) is 30.1 Å². The van der Waals surface area contributed by atoms with Crippen molar-refractivity contribution >= 4 is 5.78 Å². The molecular formula is C13H19NO. The number of ketones is 1. The lowest BCUT2D eigenvalue weighted by molar-refractivity contribution is -0.119. The zero-order valence-electron chi connectivity index (χ0n) is 9.17. The van der Waals surface area contributed by atoms with Gasteiger partial charge in [-0.3, -0.25) is 10.1 Å². The highest BCUT2D eigenvalue weighted by Crippen LogP contribution is 2.49. The quantitative estimate of drug-likeness (QED) is 0.545. The molecule has 0 aromatic rings. The van der Waals surface area contributed by atoms with Crippen molar-refractivity contribution in [3.63, 3.8) is 0 Å². The number of terminal acetylenes is 1. The van der Waals surface area contributed by atoms with E-state index in [1.807, 2.05) is 0 Å². The minimum atomic E-state index is 0.336. The van der Waals surface area contributed by atoms with Gasteiger partial charge in [-0.25, -0.2) is 0 Å². The lowest BCUT2D eigenvalue weighted by Gasteiger charge is -2.20. The van der Waals surface area contributed by atoms with Crippen molar-refractivity contribution in [1.82, 2.24) is 5.32 Å². The van der Waals surface area contributed by atoms with E-state index in [2.05, 4.69) is 11.2 Å². The maximum Gasteiger partial charge on any atom is 0.146 e. The second kappa shape index (κ2) is 4.81. The number of carbonyl (C=O) groups is 1. The SMILES string of the molecule is C#CCNCC(=O)CC1CC2CCC1C2. The fourth-order valence-electron chi connectivity index (χ4n) is 3.27. The summed E-state index contributed by atoms with van der Waals surface area (Å²) in [5.41, 5.74) is 0. The van der Waals surface area contributed by atoms with Gasteiger partial charge in [0.05, 0.1) is 13.1 Å². The molecule has 0 aliphatic heterocycles. The Labute approximate surface area is 91.8 Å². The Hall–Kier alpha value is -0.810. The molecule has 0 spiro atoms. The van der Waals surface area contributed by atoms with Gasteiger partial charge in [0.1, 0.15) is 5.78 Å². The van der Waals surface area contributed by atoms with Gasteiger partial charge in [-0.15, -0.1) is 6.42 Å². The van der Waals surface area contributed by atoms with Gasteiger partial charge in [-0.2, -0.15) is 0 Å². The van der Waals surface area contributed by atoms with E-state index in [1.54, 1.807) is 0 Å². The van der Waals surface area contributed by atoms with E-state index in [0.29, 0.717) is 24.8 Å². The van der Waals surface area contributed by atoms with Crippen LogP contribution in [0.5, 0.6) is 0 Å². The molecule has 2 fully saturated rings. The summed E-state index contributed by atoms with van der Waals surface area (Å²) in [5, 5.41) is 2.97. The summed E-state index contributed by atoms with van der Waals surface area (Å²) < 4.78 is 0. The van der Waals surface area contributed by atoms with Crippen LogP contribution in [-0.4, -0.2) is 18.9 Å². The Morgan fingerprint density at radius 1 is 1.40 bits per heavy atom. The summed E-state index contributed by atoms with van der Waals surface area (Å²) in [4.78, 5) is 11.6. The van der Waals surface area contributed by atoms with E-state index in [-0.39, 0.29) is 0 Å². The third kappa shape index (κ3) is 2.60. The summed E-state index contributed by atoms with van der Waals surface area (Å²) in [6.07, 6.45) is 11.3. The van der Waals surface area contributed by atoms with Crippen LogP contribution < -0.4 is 5.32 Å². The summed E-state index contributed by atoms with van der Waals surface area (Å²) in [5.74, 6) is 5.29. The predicted molar refractivity (Wildman–Crippen MR) is 60.3 cm³/mol. The number of rotatable bonds is 5. The summed E-state index contributed by atoms with van der Waals surface area (Å²) >= 11 is 0. The lowest BCUT2D eigenvalue weighted by Crippen LogP contribution is -2.26. The van der Waals surface area contributed by atoms with Crippen molar-refractivity contribution in [2.75, 3.05) is 13.1 Å². The Balaban J connectivity index is 1.69. The van der Waals surface area contributed by atoms with Gasteiger partial charge in [0.25, 0.3) is 0 Å². The highest BCUT2D eigenvalue weighted by Gasteiger charge is 2.39. The molecule has 0 radical (unpaired) electrons. The predicted octanol–water partition coefficient (Wildman–Crippen LogP) is 1.60. The van der Waals surface area contributed by atoms with Gasteiger partial charge < -0.3 is 0 Å². The Bertz CT molecular complexity index is 279. The number of fused-ring (bicyclic) bond motifs is 2. The number of Topliss-reactive ketones (excluding diaryl/α,β-unsaturated/α-hetero) is 1. The van der Waals surface area contributed by atoms with Crippen molar-refractivity contribution in [2.24, 2.45) is 17.8 Å². The summed E-state index contributed by atoms with van der Waals surface area (Å²) in [7, 11) is 0. The molecule has 1 N–H and O–H groups in total. The number of carbonyl (C=O) groups excluding carboxylic acids is 1. The third-order valence-electron chi connectivity index (χ3n) is 3.92. The van der Waals surface area contributed by atoms with Crippen LogP contribution >= 0.6 is 0 Å². The molecule has 2 nitrogen and oxygen atoms in total. The van der Waals surface area contributed by atoms with E-state index in [4.69, 9.17) is 6.42 Å². The topological polar surface area (TPSA) is 29.1 Å². The van der Waals surface area contributed by atoms with Crippen LogP contribution in [0.4, 0.5) is 0 Å². The number of nitrogens with one attached hydrogen (secondary N) is 1. The Morgan fingerprint density at radius 2 is 2.27 bits per heavy atom. The third-order valence-corrected chi connectivity index (χ3v) is 3.92. The van der Waals surface area contributed by atoms with E-state index in [9.17, 15) is 4.79 Å². The molecule has 0 saturated heterocycles. The van der Waals surface area contributed by atoms with Crippen molar-refractivity contribution < 1.29 is 4.79 Å². The first-order valence-electron chi connectivity index (χ1n) is 5.95. The highest BCUT2D eigenvalue weighted by molar-refractivity contribution is 5.80. The normalized spacial score (nSPS) is 32.9. The van der Waals surface area contributed by atoms with Crippen molar-refractivity contribution in [3.05, 3.63) is 0 Å². The molecule has 2 saturated carbocycles. The van der Waals surface area contributed by atoms with E-state index in [1.165, 1.54) is 25.7 Å². The standard InChI is InChI=1S/C13H19NO/c1-2-5-14-9-13(15)8-12-7-10-3-4-11(12)6-10/h1,10-12,14H,3-9H2.